The summed E-state index contributed by atoms with van der Waals surface area (Å²) in [5.74, 6) is 0.943. The molecule has 36 heavy (non-hydrogen) atoms. The number of carbonyl (C=O) groups excluding carboxylic acids is 1. The summed E-state index contributed by atoms with van der Waals surface area (Å²) in [5.41, 5.74) is 1.30. The SMILES string of the molecule is O=C(NC1COC1)[C@@H](CO)c1cnc(NCC2CCC(Nc3ccc4ccnc(Cl)c4n3)CC2)nc1. The smallest absolute Gasteiger partial charge is 0.230 e. The highest BCUT2D eigenvalue weighted by Gasteiger charge is 2.27. The van der Waals surface area contributed by atoms with Gasteiger partial charge in [0.2, 0.25) is 11.9 Å². The van der Waals surface area contributed by atoms with Gasteiger partial charge >= 0.3 is 0 Å². The maximum atomic E-state index is 12.4. The number of nitrogens with one attached hydrogen (secondary N) is 3. The van der Waals surface area contributed by atoms with Crippen molar-refractivity contribution in [2.45, 2.75) is 43.7 Å². The van der Waals surface area contributed by atoms with E-state index in [0.717, 1.165) is 43.4 Å². The monoisotopic (exact) mass is 511 g/mol. The van der Waals surface area contributed by atoms with Crippen LogP contribution in [-0.4, -0.2) is 69.4 Å². The zero-order valence-corrected chi connectivity index (χ0v) is 20.6. The molecule has 11 heteroatoms. The number of carbonyl (C=O) groups is 1. The molecular weight excluding hydrogens is 482 g/mol. The van der Waals surface area contributed by atoms with Crippen molar-refractivity contribution in [3.8, 4) is 0 Å². The van der Waals surface area contributed by atoms with E-state index in [1.54, 1.807) is 18.6 Å². The number of hydrogen-bond donors (Lipinski definition) is 4. The van der Waals surface area contributed by atoms with Crippen molar-refractivity contribution in [3.05, 3.63) is 47.5 Å². The second-order valence-corrected chi connectivity index (χ2v) is 9.79. The number of nitrogens with zero attached hydrogens (tertiary/aromatic N) is 4. The molecule has 2 aliphatic rings. The Morgan fingerprint density at radius 2 is 1.86 bits per heavy atom. The van der Waals surface area contributed by atoms with Gasteiger partial charge in [0.05, 0.1) is 31.8 Å². The van der Waals surface area contributed by atoms with E-state index in [1.165, 1.54) is 0 Å². The second-order valence-electron chi connectivity index (χ2n) is 9.43. The van der Waals surface area contributed by atoms with Gasteiger partial charge in [0, 0.05) is 42.1 Å². The molecule has 1 saturated carbocycles. The fourth-order valence-electron chi connectivity index (χ4n) is 4.62. The molecule has 0 aromatic carbocycles. The Kier molecular flexibility index (Phi) is 7.74. The Hall–Kier alpha value is -3.08. The Balaban J connectivity index is 1.08. The maximum absolute atomic E-state index is 12.4. The van der Waals surface area contributed by atoms with Gasteiger partial charge < -0.3 is 25.8 Å². The van der Waals surface area contributed by atoms with E-state index in [2.05, 4.69) is 35.9 Å². The Labute approximate surface area is 214 Å². The van der Waals surface area contributed by atoms with Crippen molar-refractivity contribution < 1.29 is 14.6 Å². The third kappa shape index (κ3) is 5.83. The molecule has 2 fully saturated rings. The van der Waals surface area contributed by atoms with Crippen LogP contribution in [0, 0.1) is 5.92 Å². The molecule has 4 N–H and O–H groups in total. The maximum Gasteiger partial charge on any atom is 0.230 e. The van der Waals surface area contributed by atoms with Gasteiger partial charge in [0.25, 0.3) is 0 Å². The zero-order chi connectivity index (χ0) is 24.9. The number of ether oxygens (including phenoxy) is 1. The van der Waals surface area contributed by atoms with Crippen LogP contribution in [0.15, 0.2) is 36.8 Å². The van der Waals surface area contributed by atoms with Crippen LogP contribution in [0.2, 0.25) is 5.15 Å². The fourth-order valence-corrected chi connectivity index (χ4v) is 4.83. The molecule has 1 amide bonds. The van der Waals surface area contributed by atoms with E-state index < -0.39 is 5.92 Å². The van der Waals surface area contributed by atoms with E-state index in [0.29, 0.717) is 47.4 Å². The van der Waals surface area contributed by atoms with Gasteiger partial charge in [0.15, 0.2) is 5.15 Å². The molecule has 3 aromatic heterocycles. The third-order valence-electron chi connectivity index (χ3n) is 6.87. The van der Waals surface area contributed by atoms with E-state index in [4.69, 9.17) is 16.3 Å². The van der Waals surface area contributed by atoms with Gasteiger partial charge in [0.1, 0.15) is 11.3 Å². The van der Waals surface area contributed by atoms with Crippen LogP contribution in [0.1, 0.15) is 37.2 Å². The Bertz CT molecular complexity index is 1180. The molecule has 5 rings (SSSR count). The number of halogens is 1. The molecule has 0 radical (unpaired) electrons. The van der Waals surface area contributed by atoms with Crippen LogP contribution >= 0.6 is 11.6 Å². The average molecular weight is 512 g/mol. The highest BCUT2D eigenvalue weighted by atomic mass is 35.5. The lowest BCUT2D eigenvalue weighted by molar-refractivity contribution is -0.127. The summed E-state index contributed by atoms with van der Waals surface area (Å²) in [6, 6.07) is 6.28. The summed E-state index contributed by atoms with van der Waals surface area (Å²) in [4.78, 5) is 29.9. The number of aromatic nitrogens is 4. The normalized spacial score (nSPS) is 20.9. The van der Waals surface area contributed by atoms with Crippen molar-refractivity contribution in [1.82, 2.24) is 25.3 Å². The molecule has 10 nitrogen and oxygen atoms in total. The Morgan fingerprint density at radius 3 is 2.56 bits per heavy atom. The number of aliphatic hydroxyl groups excluding tert-OH is 1. The summed E-state index contributed by atoms with van der Waals surface area (Å²) in [6.07, 6.45) is 9.15. The standard InChI is InChI=1S/C25H30ClN7O3/c26-23-22-16(7-8-27-23)3-6-21(33-22)31-18-4-1-15(2-5-18)9-28-25-29-10-17(11-30-25)20(12-34)24(35)32-19-13-36-14-19/h3,6-8,10-11,15,18-20,34H,1-2,4-5,9,12-14H2,(H,31,33)(H,32,35)(H,28,29,30)/t15?,18?,20-/m0/s1. The van der Waals surface area contributed by atoms with E-state index in [1.807, 2.05) is 18.2 Å². The van der Waals surface area contributed by atoms with Gasteiger partial charge in [-0.25, -0.2) is 19.9 Å². The van der Waals surface area contributed by atoms with Gasteiger partial charge in [-0.15, -0.1) is 0 Å². The third-order valence-corrected chi connectivity index (χ3v) is 7.15. The molecule has 0 spiro atoms. The topological polar surface area (TPSA) is 134 Å². The van der Waals surface area contributed by atoms with Gasteiger partial charge in [-0.3, -0.25) is 4.79 Å². The average Bonchev–Trinajstić information content (AvgIpc) is 2.87. The summed E-state index contributed by atoms with van der Waals surface area (Å²) in [7, 11) is 0. The number of aliphatic hydroxyl groups is 1. The quantitative estimate of drug-likeness (QED) is 0.320. The fraction of sp³-hybridized carbons (Fsp3) is 0.480. The predicted molar refractivity (Wildman–Crippen MR) is 137 cm³/mol. The highest BCUT2D eigenvalue weighted by molar-refractivity contribution is 6.33. The summed E-state index contributed by atoms with van der Waals surface area (Å²) in [5, 5.41) is 20.8. The largest absolute Gasteiger partial charge is 0.395 e. The van der Waals surface area contributed by atoms with Crippen LogP contribution in [0.4, 0.5) is 11.8 Å². The van der Waals surface area contributed by atoms with E-state index in [9.17, 15) is 9.90 Å². The number of rotatable bonds is 9. The lowest BCUT2D eigenvalue weighted by atomic mass is 9.86. The molecule has 1 aliphatic carbocycles. The number of anilines is 2. The van der Waals surface area contributed by atoms with Crippen LogP contribution in [-0.2, 0) is 9.53 Å². The number of amides is 1. The van der Waals surface area contributed by atoms with Crippen molar-refractivity contribution in [3.63, 3.8) is 0 Å². The molecule has 3 aromatic rings. The van der Waals surface area contributed by atoms with Crippen LogP contribution in [0.3, 0.4) is 0 Å². The first kappa shape index (κ1) is 24.6. The van der Waals surface area contributed by atoms with Crippen molar-refractivity contribution >= 4 is 40.2 Å². The second kappa shape index (κ2) is 11.3. The lowest BCUT2D eigenvalue weighted by Gasteiger charge is -2.29. The molecule has 4 heterocycles. The molecular formula is C25H30ClN7O3. The first-order valence-corrected chi connectivity index (χ1v) is 12.7. The minimum atomic E-state index is -0.688. The molecule has 1 atom stereocenters. The van der Waals surface area contributed by atoms with Crippen LogP contribution in [0.25, 0.3) is 10.9 Å². The Morgan fingerprint density at radius 1 is 1.08 bits per heavy atom. The molecule has 0 unspecified atom stereocenters. The minimum Gasteiger partial charge on any atom is -0.395 e. The van der Waals surface area contributed by atoms with Crippen molar-refractivity contribution in [2.75, 3.05) is 37.0 Å². The van der Waals surface area contributed by atoms with Crippen molar-refractivity contribution in [2.24, 2.45) is 5.92 Å². The summed E-state index contributed by atoms with van der Waals surface area (Å²) >= 11 is 6.20. The van der Waals surface area contributed by atoms with Gasteiger partial charge in [-0.2, -0.15) is 0 Å². The number of hydrogen-bond acceptors (Lipinski definition) is 9. The van der Waals surface area contributed by atoms with Gasteiger partial charge in [-0.1, -0.05) is 11.6 Å². The van der Waals surface area contributed by atoms with Crippen LogP contribution < -0.4 is 16.0 Å². The summed E-state index contributed by atoms with van der Waals surface area (Å²) in [6.45, 7) is 1.50. The number of pyridine rings is 2. The van der Waals surface area contributed by atoms with Crippen LogP contribution in [0.5, 0.6) is 0 Å². The van der Waals surface area contributed by atoms with E-state index in [-0.39, 0.29) is 18.6 Å². The predicted octanol–water partition coefficient (Wildman–Crippen LogP) is 2.75. The lowest BCUT2D eigenvalue weighted by Crippen LogP contribution is -2.50. The molecule has 190 valence electrons. The molecule has 1 aliphatic heterocycles. The highest BCUT2D eigenvalue weighted by Crippen LogP contribution is 2.28. The first-order chi connectivity index (χ1) is 17.6. The van der Waals surface area contributed by atoms with Crippen molar-refractivity contribution in [1.29, 1.82) is 0 Å². The summed E-state index contributed by atoms with van der Waals surface area (Å²) < 4.78 is 5.07. The van der Waals surface area contributed by atoms with E-state index >= 15 is 0 Å². The number of fused-ring (bicyclic) bond motifs is 1. The zero-order valence-electron chi connectivity index (χ0n) is 19.9. The minimum absolute atomic E-state index is 0.0123. The molecule has 0 bridgehead atoms. The van der Waals surface area contributed by atoms with Gasteiger partial charge in [-0.05, 0) is 49.8 Å². The molecule has 1 saturated heterocycles. The first-order valence-electron chi connectivity index (χ1n) is 12.3.